The number of primary amides is 1. The summed E-state index contributed by atoms with van der Waals surface area (Å²) in [5.74, 6) is 0.642. The average molecular weight is 221 g/mol. The van der Waals surface area contributed by atoms with Crippen LogP contribution in [0.3, 0.4) is 0 Å². The maximum atomic E-state index is 10.8. The third-order valence-corrected chi connectivity index (χ3v) is 2.89. The number of amides is 1. The van der Waals surface area contributed by atoms with Crippen LogP contribution in [-0.4, -0.2) is 13.0 Å². The zero-order chi connectivity index (χ0) is 12.3. The molecule has 0 saturated carbocycles. The summed E-state index contributed by atoms with van der Waals surface area (Å²) in [5.41, 5.74) is 9.77. The van der Waals surface area contributed by atoms with Gasteiger partial charge in [-0.3, -0.25) is 4.79 Å². The van der Waals surface area contributed by atoms with Crippen molar-refractivity contribution in [3.8, 4) is 5.75 Å². The van der Waals surface area contributed by atoms with E-state index in [0.717, 1.165) is 16.9 Å². The largest absolute Gasteiger partial charge is 0.496 e. The lowest BCUT2D eigenvalue weighted by atomic mass is 9.95. The van der Waals surface area contributed by atoms with Crippen LogP contribution in [0.5, 0.6) is 5.75 Å². The highest BCUT2D eigenvalue weighted by molar-refractivity contribution is 5.74. The minimum atomic E-state index is -0.265. The molecule has 3 heteroatoms. The van der Waals surface area contributed by atoms with Crippen LogP contribution < -0.4 is 10.5 Å². The number of aryl methyl sites for hydroxylation is 2. The molecule has 0 atom stereocenters. The van der Waals surface area contributed by atoms with Crippen molar-refractivity contribution in [2.75, 3.05) is 7.11 Å². The maximum Gasteiger partial charge on any atom is 0.217 e. The van der Waals surface area contributed by atoms with Gasteiger partial charge < -0.3 is 10.5 Å². The molecular formula is C13H19NO2. The molecule has 0 heterocycles. The van der Waals surface area contributed by atoms with Crippen LogP contribution >= 0.6 is 0 Å². The number of rotatable bonds is 4. The Bertz CT molecular complexity index is 411. The van der Waals surface area contributed by atoms with Gasteiger partial charge in [0.1, 0.15) is 5.75 Å². The number of carbonyl (C=O) groups is 1. The van der Waals surface area contributed by atoms with Crippen LogP contribution in [0.15, 0.2) is 6.07 Å². The minimum absolute atomic E-state index is 0.265. The number of ether oxygens (including phenoxy) is 1. The van der Waals surface area contributed by atoms with E-state index in [4.69, 9.17) is 10.5 Å². The van der Waals surface area contributed by atoms with Crippen molar-refractivity contribution in [1.29, 1.82) is 0 Å². The van der Waals surface area contributed by atoms with Crippen molar-refractivity contribution in [2.45, 2.75) is 33.6 Å². The monoisotopic (exact) mass is 221 g/mol. The van der Waals surface area contributed by atoms with E-state index in [1.165, 1.54) is 11.1 Å². The third kappa shape index (κ3) is 2.54. The van der Waals surface area contributed by atoms with Gasteiger partial charge in [0.25, 0.3) is 0 Å². The van der Waals surface area contributed by atoms with Crippen molar-refractivity contribution >= 4 is 5.91 Å². The van der Waals surface area contributed by atoms with Crippen LogP contribution in [0.1, 0.15) is 28.7 Å². The Morgan fingerprint density at radius 3 is 2.44 bits per heavy atom. The molecule has 1 aromatic rings. The van der Waals surface area contributed by atoms with Gasteiger partial charge in [0, 0.05) is 6.42 Å². The fourth-order valence-electron chi connectivity index (χ4n) is 2.15. The fourth-order valence-corrected chi connectivity index (χ4v) is 2.15. The van der Waals surface area contributed by atoms with Gasteiger partial charge in [-0.15, -0.1) is 0 Å². The molecular weight excluding hydrogens is 202 g/mol. The fraction of sp³-hybridized carbons (Fsp3) is 0.462. The summed E-state index contributed by atoms with van der Waals surface area (Å²) < 4.78 is 5.36. The van der Waals surface area contributed by atoms with Gasteiger partial charge in [0.2, 0.25) is 5.91 Å². The highest BCUT2D eigenvalue weighted by Gasteiger charge is 2.11. The molecule has 1 amide bonds. The van der Waals surface area contributed by atoms with Gasteiger partial charge in [-0.1, -0.05) is 6.07 Å². The first-order valence-corrected chi connectivity index (χ1v) is 5.39. The Kier molecular flexibility index (Phi) is 3.93. The zero-order valence-electron chi connectivity index (χ0n) is 10.4. The van der Waals surface area contributed by atoms with E-state index in [1.54, 1.807) is 7.11 Å². The standard InChI is InChI=1S/C13H19NO2/c1-8-7-9(2)13(16-4)10(3)11(8)5-6-12(14)15/h7H,5-6H2,1-4H3,(H2,14,15). The van der Waals surface area contributed by atoms with Crippen LogP contribution in [0.4, 0.5) is 0 Å². The Morgan fingerprint density at radius 2 is 1.94 bits per heavy atom. The Balaban J connectivity index is 3.12. The molecule has 0 fully saturated rings. The number of nitrogens with two attached hydrogens (primary N) is 1. The quantitative estimate of drug-likeness (QED) is 0.845. The summed E-state index contributed by atoms with van der Waals surface area (Å²) >= 11 is 0. The molecule has 0 radical (unpaired) electrons. The zero-order valence-corrected chi connectivity index (χ0v) is 10.4. The second-order valence-electron chi connectivity index (χ2n) is 4.11. The summed E-state index contributed by atoms with van der Waals surface area (Å²) in [6, 6.07) is 2.09. The number of hydrogen-bond acceptors (Lipinski definition) is 2. The number of hydrogen-bond donors (Lipinski definition) is 1. The SMILES string of the molecule is COc1c(C)cc(C)c(CCC(N)=O)c1C. The summed E-state index contributed by atoms with van der Waals surface area (Å²) in [7, 11) is 1.67. The summed E-state index contributed by atoms with van der Waals surface area (Å²) in [6.07, 6.45) is 1.07. The summed E-state index contributed by atoms with van der Waals surface area (Å²) in [4.78, 5) is 10.8. The molecule has 3 nitrogen and oxygen atoms in total. The van der Waals surface area contributed by atoms with E-state index in [2.05, 4.69) is 13.0 Å². The molecule has 0 unspecified atom stereocenters. The van der Waals surface area contributed by atoms with Crippen LogP contribution in [-0.2, 0) is 11.2 Å². The molecule has 0 aromatic heterocycles. The summed E-state index contributed by atoms with van der Waals surface area (Å²) in [5, 5.41) is 0. The van der Waals surface area contributed by atoms with Crippen molar-refractivity contribution < 1.29 is 9.53 Å². The van der Waals surface area contributed by atoms with Crippen LogP contribution in [0.2, 0.25) is 0 Å². The first kappa shape index (κ1) is 12.6. The van der Waals surface area contributed by atoms with Gasteiger partial charge in [-0.25, -0.2) is 0 Å². The molecule has 1 aromatic carbocycles. The van der Waals surface area contributed by atoms with Crippen molar-refractivity contribution in [3.05, 3.63) is 28.3 Å². The lowest BCUT2D eigenvalue weighted by Crippen LogP contribution is -2.12. The van der Waals surface area contributed by atoms with E-state index < -0.39 is 0 Å². The Morgan fingerprint density at radius 1 is 1.31 bits per heavy atom. The van der Waals surface area contributed by atoms with E-state index in [1.807, 2.05) is 13.8 Å². The maximum absolute atomic E-state index is 10.8. The molecule has 16 heavy (non-hydrogen) atoms. The molecule has 0 aliphatic rings. The number of carbonyl (C=O) groups excluding carboxylic acids is 1. The Labute approximate surface area is 96.6 Å². The second kappa shape index (κ2) is 5.01. The lowest BCUT2D eigenvalue weighted by Gasteiger charge is -2.15. The smallest absolute Gasteiger partial charge is 0.217 e. The predicted octanol–water partition coefficient (Wildman–Crippen LogP) is 2.04. The summed E-state index contributed by atoms with van der Waals surface area (Å²) in [6.45, 7) is 6.10. The van der Waals surface area contributed by atoms with E-state index >= 15 is 0 Å². The van der Waals surface area contributed by atoms with Crippen molar-refractivity contribution in [1.82, 2.24) is 0 Å². The van der Waals surface area contributed by atoms with E-state index in [-0.39, 0.29) is 5.91 Å². The molecule has 88 valence electrons. The van der Waals surface area contributed by atoms with Gasteiger partial charge in [-0.05, 0) is 49.4 Å². The normalized spacial score (nSPS) is 10.2. The first-order valence-electron chi connectivity index (χ1n) is 5.39. The molecule has 0 saturated heterocycles. The van der Waals surface area contributed by atoms with Crippen LogP contribution in [0.25, 0.3) is 0 Å². The average Bonchev–Trinajstić information content (AvgIpc) is 2.16. The molecule has 1 rings (SSSR count). The predicted molar refractivity (Wildman–Crippen MR) is 64.7 cm³/mol. The van der Waals surface area contributed by atoms with Crippen LogP contribution in [0, 0.1) is 20.8 Å². The first-order chi connectivity index (χ1) is 7.47. The molecule has 0 aliphatic heterocycles. The molecule has 2 N–H and O–H groups in total. The van der Waals surface area contributed by atoms with E-state index in [9.17, 15) is 4.79 Å². The van der Waals surface area contributed by atoms with Gasteiger partial charge in [-0.2, -0.15) is 0 Å². The third-order valence-electron chi connectivity index (χ3n) is 2.89. The van der Waals surface area contributed by atoms with Crippen molar-refractivity contribution in [2.24, 2.45) is 5.73 Å². The highest BCUT2D eigenvalue weighted by Crippen LogP contribution is 2.29. The van der Waals surface area contributed by atoms with Gasteiger partial charge >= 0.3 is 0 Å². The second-order valence-corrected chi connectivity index (χ2v) is 4.11. The lowest BCUT2D eigenvalue weighted by molar-refractivity contribution is -0.117. The van der Waals surface area contributed by atoms with E-state index in [0.29, 0.717) is 12.8 Å². The topological polar surface area (TPSA) is 52.3 Å². The number of benzene rings is 1. The minimum Gasteiger partial charge on any atom is -0.496 e. The number of methoxy groups -OCH3 is 1. The van der Waals surface area contributed by atoms with Gasteiger partial charge in [0.15, 0.2) is 0 Å². The van der Waals surface area contributed by atoms with Gasteiger partial charge in [0.05, 0.1) is 7.11 Å². The molecule has 0 spiro atoms. The molecule has 0 aliphatic carbocycles. The molecule has 0 bridgehead atoms. The van der Waals surface area contributed by atoms with Crippen molar-refractivity contribution in [3.63, 3.8) is 0 Å². The Hall–Kier alpha value is -1.51. The highest BCUT2D eigenvalue weighted by atomic mass is 16.5.